The largest absolute Gasteiger partial charge is 0.459 e. The van der Waals surface area contributed by atoms with Crippen molar-refractivity contribution in [3.63, 3.8) is 0 Å². The van der Waals surface area contributed by atoms with Gasteiger partial charge in [0.05, 0.1) is 66.0 Å². The molecule has 3 aliphatic heterocycles. The van der Waals surface area contributed by atoms with Gasteiger partial charge in [-0.05, 0) is 96.5 Å². The van der Waals surface area contributed by atoms with Crippen molar-refractivity contribution in [3.8, 4) is 11.1 Å². The number of benzene rings is 1. The molecule has 2 unspecified atom stereocenters. The number of hydrogen-bond acceptors (Lipinski definition) is 16. The molecule has 3 saturated heterocycles. The average molecular weight is 1040 g/mol. The van der Waals surface area contributed by atoms with Gasteiger partial charge in [-0.1, -0.05) is 63.2 Å². The van der Waals surface area contributed by atoms with Crippen LogP contribution in [0.15, 0.2) is 55.0 Å². The van der Waals surface area contributed by atoms with E-state index in [1.807, 2.05) is 57.2 Å². The number of cyclic esters (lactones) is 1. The fourth-order valence-electron chi connectivity index (χ4n) is 11.9. The molecule has 1 aromatic carbocycles. The Morgan fingerprint density at radius 2 is 1.61 bits per heavy atom. The van der Waals surface area contributed by atoms with Gasteiger partial charge in [-0.15, -0.1) is 5.10 Å². The molecule has 0 saturated carbocycles. The zero-order valence-corrected chi connectivity index (χ0v) is 46.1. The number of aliphatic hydroxyl groups excluding tert-OH is 2. The molecule has 0 spiro atoms. The molecule has 74 heavy (non-hydrogen) atoms. The van der Waals surface area contributed by atoms with Crippen LogP contribution in [0.25, 0.3) is 11.1 Å². The summed E-state index contributed by atoms with van der Waals surface area (Å²) in [5, 5.41) is 43.5. The Morgan fingerprint density at radius 1 is 0.905 bits per heavy atom. The summed E-state index contributed by atoms with van der Waals surface area (Å²) in [7, 11) is 6.77. The van der Waals surface area contributed by atoms with Crippen LogP contribution in [0.2, 0.25) is 0 Å². The number of methoxy groups -OCH3 is 3. The Kier molecular flexibility index (Phi) is 20.5. The number of alkyl halides is 1. The normalized spacial score (nSPS) is 36.8. The van der Waals surface area contributed by atoms with Gasteiger partial charge in [0, 0.05) is 83.1 Å². The number of esters is 1. The van der Waals surface area contributed by atoms with Gasteiger partial charge in [-0.3, -0.25) is 14.6 Å². The number of carbonyl (C=O) groups excluding carboxylic acids is 2. The van der Waals surface area contributed by atoms with Crippen LogP contribution in [0.3, 0.4) is 0 Å². The molecule has 3 N–H and O–H groups in total. The van der Waals surface area contributed by atoms with Gasteiger partial charge in [0.2, 0.25) is 0 Å². The first-order valence-electron chi connectivity index (χ1n) is 26.6. The summed E-state index contributed by atoms with van der Waals surface area (Å²) in [6.45, 7) is 16.0. The lowest BCUT2D eigenvalue weighted by Crippen LogP contribution is -2.59. The third-order valence-electron chi connectivity index (χ3n) is 16.9. The van der Waals surface area contributed by atoms with Crippen molar-refractivity contribution in [2.24, 2.45) is 23.7 Å². The van der Waals surface area contributed by atoms with Crippen LogP contribution in [0.5, 0.6) is 0 Å². The summed E-state index contributed by atoms with van der Waals surface area (Å²) in [6, 6.07) is 11.1. The summed E-state index contributed by atoms with van der Waals surface area (Å²) < 4.78 is 60.9. The smallest absolute Gasteiger partial charge is 0.309 e. The Labute approximate surface area is 438 Å². The number of pyridine rings is 1. The second-order valence-electron chi connectivity index (χ2n) is 22.2. The average Bonchev–Trinajstić information content (AvgIpc) is 3.87. The molecule has 3 aliphatic rings. The molecular formula is C56H86FN5O12. The predicted octanol–water partition coefficient (Wildman–Crippen LogP) is 6.70. The van der Waals surface area contributed by atoms with Gasteiger partial charge in [0.25, 0.3) is 0 Å². The van der Waals surface area contributed by atoms with Crippen molar-refractivity contribution in [2.75, 3.05) is 48.2 Å². The molecule has 18 heteroatoms. The fraction of sp³-hybridized carbons (Fsp3) is 0.732. The summed E-state index contributed by atoms with van der Waals surface area (Å²) >= 11 is 0. The lowest BCUT2D eigenvalue weighted by molar-refractivity contribution is -0.236. The molecule has 17 nitrogen and oxygen atoms in total. The van der Waals surface area contributed by atoms with Crippen molar-refractivity contribution in [2.45, 2.75) is 191 Å². The minimum Gasteiger partial charge on any atom is -0.459 e. The highest BCUT2D eigenvalue weighted by atomic mass is 19.1. The van der Waals surface area contributed by atoms with E-state index in [-0.39, 0.29) is 56.3 Å². The maximum Gasteiger partial charge on any atom is 0.309 e. The lowest BCUT2D eigenvalue weighted by atomic mass is 9.72. The summed E-state index contributed by atoms with van der Waals surface area (Å²) in [5.41, 5.74) is -0.553. The number of halogens is 1. The molecule has 3 aromatic rings. The number of likely N-dealkylation sites (N-methyl/N-ethyl adjacent to an activating group) is 1. The van der Waals surface area contributed by atoms with E-state index in [1.165, 1.54) is 6.92 Å². The lowest BCUT2D eigenvalue weighted by Gasteiger charge is -2.49. The van der Waals surface area contributed by atoms with Crippen LogP contribution in [0.4, 0.5) is 4.39 Å². The predicted molar refractivity (Wildman–Crippen MR) is 276 cm³/mol. The SMILES string of the molecule is CC[C@H]1OC(=O)[C@H](C)[C@@H](C2C[C@@](C)(OC)[C@@H](O)[C@H](C)O2)C[C@@H](OC[C@H]2C[C@@H](N(C)CCc3cn(C(CF)[C@H](OC)c4ccc(-c5cccnc5)cc4)nn3)C[C@@H](C)O2)[C@](C)(OC)C[C@@H](C)C(=O)[C@H](C)[C@@H](O)[C@]1(C)O. The Morgan fingerprint density at radius 3 is 2.23 bits per heavy atom. The van der Waals surface area contributed by atoms with E-state index in [9.17, 15) is 29.3 Å². The molecule has 6 rings (SSSR count). The zero-order chi connectivity index (χ0) is 54.3. The van der Waals surface area contributed by atoms with Gasteiger partial charge in [-0.2, -0.15) is 0 Å². The van der Waals surface area contributed by atoms with E-state index >= 15 is 0 Å². The molecule has 0 bridgehead atoms. The number of ketones is 1. The molecule has 18 atom stereocenters. The van der Waals surface area contributed by atoms with Crippen LogP contribution in [0.1, 0.15) is 124 Å². The highest BCUT2D eigenvalue weighted by Gasteiger charge is 2.53. The van der Waals surface area contributed by atoms with Gasteiger partial charge < -0.3 is 53.4 Å². The van der Waals surface area contributed by atoms with Crippen LogP contribution in [-0.4, -0.2) is 172 Å². The molecule has 2 aromatic heterocycles. The monoisotopic (exact) mass is 1040 g/mol. The Balaban J connectivity index is 1.20. The van der Waals surface area contributed by atoms with E-state index in [0.717, 1.165) is 28.8 Å². The third kappa shape index (κ3) is 13.5. The Hall–Kier alpha value is -3.82. The molecular weight excluding hydrogens is 954 g/mol. The number of nitrogens with zero attached hydrogens (tertiary/aromatic N) is 5. The molecule has 3 fully saturated rings. The molecule has 5 heterocycles. The molecule has 0 amide bonds. The second kappa shape index (κ2) is 25.6. The fourth-order valence-corrected chi connectivity index (χ4v) is 11.9. The van der Waals surface area contributed by atoms with Crippen LogP contribution < -0.4 is 0 Å². The van der Waals surface area contributed by atoms with Gasteiger partial charge in [-0.25, -0.2) is 9.07 Å². The highest BCUT2D eigenvalue weighted by Crippen LogP contribution is 2.43. The number of hydrogen-bond donors (Lipinski definition) is 3. The second-order valence-corrected chi connectivity index (χ2v) is 22.2. The van der Waals surface area contributed by atoms with Crippen molar-refractivity contribution in [1.29, 1.82) is 0 Å². The first kappa shape index (κ1) is 59.4. The molecule has 0 radical (unpaired) electrons. The van der Waals surface area contributed by atoms with Crippen LogP contribution in [0, 0.1) is 23.7 Å². The van der Waals surface area contributed by atoms with Crippen LogP contribution >= 0.6 is 0 Å². The summed E-state index contributed by atoms with van der Waals surface area (Å²) in [4.78, 5) is 35.1. The minimum atomic E-state index is -1.95. The minimum absolute atomic E-state index is 0.106. The number of Topliss-reactive ketones (excluding diaryl/α,β-unsaturated/α-hetero) is 1. The number of aliphatic hydroxyl groups is 3. The van der Waals surface area contributed by atoms with E-state index in [0.29, 0.717) is 19.4 Å². The standard InChI is InChI=1S/C56H86FN5O12/c1-14-47-56(9,67)51(64)36(5)49(63)33(2)27-54(7,69-12)48(26-44(35(4)53(66)74-47)46-28-55(8,70-13)52(65)37(6)73-46)71-32-43-25-42(24-34(3)72-43)61(10)23-21-41-31-62(60-59-41)45(29-57)50(68-11)39-19-17-38(18-20-39)40-16-15-22-58-30-40/h15-20,22,30-31,33-37,42-48,50-52,64-65,67H,14,21,23-29,32H2,1-13H3/t33-,34-,35-,36+,37+,42+,43-,44+,45?,46?,47-,48-,50-,51-,52+,54-,55-,56-/m1/s1. The van der Waals surface area contributed by atoms with Crippen molar-refractivity contribution in [1.82, 2.24) is 24.9 Å². The quantitative estimate of drug-likeness (QED) is 0.120. The van der Waals surface area contributed by atoms with E-state index in [1.54, 1.807) is 79.2 Å². The first-order chi connectivity index (χ1) is 35.0. The number of ether oxygens (including phenoxy) is 7. The van der Waals surface area contributed by atoms with E-state index < -0.39 is 102 Å². The van der Waals surface area contributed by atoms with E-state index in [2.05, 4.69) is 27.2 Å². The third-order valence-corrected chi connectivity index (χ3v) is 16.9. The summed E-state index contributed by atoms with van der Waals surface area (Å²) in [6.07, 6.45) is 1.48. The maximum atomic E-state index is 14.9. The number of aromatic nitrogens is 4. The van der Waals surface area contributed by atoms with E-state index in [4.69, 9.17) is 33.2 Å². The number of rotatable bonds is 17. The van der Waals surface area contributed by atoms with Gasteiger partial charge >= 0.3 is 5.97 Å². The van der Waals surface area contributed by atoms with Crippen molar-refractivity contribution < 1.29 is 62.5 Å². The number of carbonyl (C=O) groups is 2. The van der Waals surface area contributed by atoms with Crippen molar-refractivity contribution in [3.05, 3.63) is 66.2 Å². The van der Waals surface area contributed by atoms with Crippen LogP contribution in [-0.2, 0) is 49.2 Å². The summed E-state index contributed by atoms with van der Waals surface area (Å²) in [5.74, 6) is -3.96. The van der Waals surface area contributed by atoms with Gasteiger partial charge in [0.15, 0.2) is 0 Å². The maximum absolute atomic E-state index is 14.9. The van der Waals surface area contributed by atoms with Crippen molar-refractivity contribution >= 4 is 11.8 Å². The van der Waals surface area contributed by atoms with Gasteiger partial charge in [0.1, 0.15) is 42.4 Å². The Bertz CT molecular complexity index is 2240. The molecule has 0 aliphatic carbocycles. The highest BCUT2D eigenvalue weighted by molar-refractivity contribution is 5.83. The molecule has 414 valence electrons. The first-order valence-corrected chi connectivity index (χ1v) is 26.6. The zero-order valence-electron chi connectivity index (χ0n) is 46.1. The topological polar surface area (TPSA) is 206 Å².